The summed E-state index contributed by atoms with van der Waals surface area (Å²) < 4.78 is 1.89. The maximum absolute atomic E-state index is 6.22. The number of fused-ring (bicyclic) bond motifs is 2. The Balaban J connectivity index is 1.77. The van der Waals surface area contributed by atoms with Crippen LogP contribution in [-0.4, -0.2) is 19.6 Å². The number of nitrogens with two attached hydrogens (primary N) is 1. The van der Waals surface area contributed by atoms with Crippen LogP contribution in [0.1, 0.15) is 35.7 Å². The van der Waals surface area contributed by atoms with E-state index in [0.29, 0.717) is 5.82 Å². The molecule has 0 bridgehead atoms. The summed E-state index contributed by atoms with van der Waals surface area (Å²) in [5.74, 6) is 1.63. The van der Waals surface area contributed by atoms with Crippen molar-refractivity contribution in [1.82, 2.24) is 19.6 Å². The van der Waals surface area contributed by atoms with Crippen molar-refractivity contribution in [3.8, 4) is 11.3 Å². The Morgan fingerprint density at radius 1 is 1.00 bits per heavy atom. The van der Waals surface area contributed by atoms with Crippen LogP contribution in [0.4, 0.5) is 5.82 Å². The number of nitrogen functional groups attached to an aromatic ring is 1. The summed E-state index contributed by atoms with van der Waals surface area (Å²) in [5.41, 5.74) is 11.6. The van der Waals surface area contributed by atoms with Crippen LogP contribution in [0.25, 0.3) is 16.8 Å². The first-order valence-corrected chi connectivity index (χ1v) is 8.95. The first-order chi connectivity index (χ1) is 12.8. The molecule has 5 nitrogen and oxygen atoms in total. The van der Waals surface area contributed by atoms with Crippen molar-refractivity contribution in [2.75, 3.05) is 5.73 Å². The van der Waals surface area contributed by atoms with Crippen LogP contribution in [0, 0.1) is 0 Å². The number of anilines is 1. The summed E-state index contributed by atoms with van der Waals surface area (Å²) in [7, 11) is 0. The second-order valence-electron chi connectivity index (χ2n) is 6.73. The van der Waals surface area contributed by atoms with Crippen molar-refractivity contribution in [3.05, 3.63) is 77.9 Å². The standard InChI is InChI=1S/C21H19N5/c22-20-19-18(15-8-2-1-3-9-15)25-21(26(19)24-13-23-20)17-12-6-10-14-7-4-5-11-16(14)17/h1-5,7-9,11,13,17H,6,10,12H2,(H2,22,23,24). The predicted octanol–water partition coefficient (Wildman–Crippen LogP) is 3.84. The molecule has 5 heteroatoms. The van der Waals surface area contributed by atoms with Crippen LogP contribution >= 0.6 is 0 Å². The van der Waals surface area contributed by atoms with Gasteiger partial charge in [-0.25, -0.2) is 14.5 Å². The smallest absolute Gasteiger partial charge is 0.153 e. The maximum Gasteiger partial charge on any atom is 0.153 e. The van der Waals surface area contributed by atoms with E-state index in [1.54, 1.807) is 0 Å². The monoisotopic (exact) mass is 341 g/mol. The van der Waals surface area contributed by atoms with Gasteiger partial charge in [0.1, 0.15) is 23.4 Å². The SMILES string of the molecule is Nc1ncnn2c(C3CCCc4ccccc43)nc(-c3ccccc3)c12. The number of hydrogen-bond acceptors (Lipinski definition) is 4. The third-order valence-electron chi connectivity index (χ3n) is 5.21. The van der Waals surface area contributed by atoms with E-state index in [0.717, 1.165) is 41.9 Å². The van der Waals surface area contributed by atoms with E-state index >= 15 is 0 Å². The molecule has 2 aromatic carbocycles. The largest absolute Gasteiger partial charge is 0.382 e. The van der Waals surface area contributed by atoms with Crippen LogP contribution in [0.15, 0.2) is 60.9 Å². The van der Waals surface area contributed by atoms with E-state index in [9.17, 15) is 0 Å². The molecule has 26 heavy (non-hydrogen) atoms. The molecule has 2 heterocycles. The van der Waals surface area contributed by atoms with Gasteiger partial charge >= 0.3 is 0 Å². The van der Waals surface area contributed by atoms with Crippen molar-refractivity contribution in [2.45, 2.75) is 25.2 Å². The summed E-state index contributed by atoms with van der Waals surface area (Å²) in [6, 6.07) is 18.8. The van der Waals surface area contributed by atoms with Gasteiger partial charge in [0.15, 0.2) is 5.82 Å². The van der Waals surface area contributed by atoms with Crippen LogP contribution in [0.3, 0.4) is 0 Å². The number of rotatable bonds is 2. The lowest BCUT2D eigenvalue weighted by Crippen LogP contribution is -2.14. The zero-order valence-corrected chi connectivity index (χ0v) is 14.3. The molecule has 1 unspecified atom stereocenters. The van der Waals surface area contributed by atoms with Crippen LogP contribution in [0.5, 0.6) is 0 Å². The van der Waals surface area contributed by atoms with Gasteiger partial charge in [0.25, 0.3) is 0 Å². The van der Waals surface area contributed by atoms with Crippen LogP contribution in [0.2, 0.25) is 0 Å². The lowest BCUT2D eigenvalue weighted by atomic mass is 9.82. The van der Waals surface area contributed by atoms with Crippen molar-refractivity contribution < 1.29 is 0 Å². The Bertz CT molecular complexity index is 1080. The van der Waals surface area contributed by atoms with Gasteiger partial charge in [-0.15, -0.1) is 0 Å². The molecule has 2 aromatic heterocycles. The predicted molar refractivity (Wildman–Crippen MR) is 102 cm³/mol. The number of hydrogen-bond donors (Lipinski definition) is 1. The Morgan fingerprint density at radius 3 is 2.69 bits per heavy atom. The molecule has 1 aliphatic carbocycles. The van der Waals surface area contributed by atoms with E-state index in [1.165, 1.54) is 17.5 Å². The highest BCUT2D eigenvalue weighted by atomic mass is 15.3. The summed E-state index contributed by atoms with van der Waals surface area (Å²) in [6.07, 6.45) is 4.85. The highest BCUT2D eigenvalue weighted by molar-refractivity contribution is 5.85. The minimum Gasteiger partial charge on any atom is -0.382 e. The Kier molecular flexibility index (Phi) is 3.45. The van der Waals surface area contributed by atoms with Crippen molar-refractivity contribution >= 4 is 11.3 Å². The van der Waals surface area contributed by atoms with Gasteiger partial charge in [-0.2, -0.15) is 5.10 Å². The number of aryl methyl sites for hydroxylation is 1. The molecule has 0 saturated heterocycles. The molecule has 0 spiro atoms. The molecule has 1 atom stereocenters. The fourth-order valence-corrected chi connectivity index (χ4v) is 4.02. The zero-order chi connectivity index (χ0) is 17.5. The normalized spacial score (nSPS) is 16.5. The van der Waals surface area contributed by atoms with E-state index < -0.39 is 0 Å². The summed E-state index contributed by atoms with van der Waals surface area (Å²) >= 11 is 0. The molecule has 0 aliphatic heterocycles. The first-order valence-electron chi connectivity index (χ1n) is 8.95. The average molecular weight is 341 g/mol. The van der Waals surface area contributed by atoms with Gasteiger partial charge in [0, 0.05) is 11.5 Å². The number of nitrogens with zero attached hydrogens (tertiary/aromatic N) is 4. The fourth-order valence-electron chi connectivity index (χ4n) is 4.02. The molecular formula is C21H19N5. The quantitative estimate of drug-likeness (QED) is 0.601. The van der Waals surface area contributed by atoms with Gasteiger partial charge in [-0.3, -0.25) is 0 Å². The number of aromatic nitrogens is 4. The molecule has 0 saturated carbocycles. The van der Waals surface area contributed by atoms with Gasteiger partial charge in [0.05, 0.1) is 0 Å². The maximum atomic E-state index is 6.22. The van der Waals surface area contributed by atoms with Gasteiger partial charge < -0.3 is 5.73 Å². The molecule has 4 aromatic rings. The Hall–Kier alpha value is -3.21. The Morgan fingerprint density at radius 2 is 1.81 bits per heavy atom. The third kappa shape index (κ3) is 2.28. The molecule has 1 aliphatic rings. The van der Waals surface area contributed by atoms with Crippen molar-refractivity contribution in [1.29, 1.82) is 0 Å². The molecule has 2 N–H and O–H groups in total. The van der Waals surface area contributed by atoms with Crippen LogP contribution in [-0.2, 0) is 6.42 Å². The molecule has 5 rings (SSSR count). The molecule has 0 radical (unpaired) electrons. The minimum absolute atomic E-state index is 0.221. The molecular weight excluding hydrogens is 322 g/mol. The van der Waals surface area contributed by atoms with E-state index in [-0.39, 0.29) is 5.92 Å². The molecule has 0 fully saturated rings. The summed E-state index contributed by atoms with van der Waals surface area (Å²) in [4.78, 5) is 9.23. The van der Waals surface area contributed by atoms with E-state index in [2.05, 4.69) is 34.3 Å². The topological polar surface area (TPSA) is 69.1 Å². The number of imidazole rings is 1. The van der Waals surface area contributed by atoms with E-state index in [4.69, 9.17) is 10.7 Å². The summed E-state index contributed by atoms with van der Waals surface area (Å²) in [5, 5.41) is 4.50. The lowest BCUT2D eigenvalue weighted by Gasteiger charge is -2.24. The van der Waals surface area contributed by atoms with Crippen LogP contribution < -0.4 is 5.73 Å². The van der Waals surface area contributed by atoms with Crippen molar-refractivity contribution in [3.63, 3.8) is 0 Å². The third-order valence-corrected chi connectivity index (χ3v) is 5.21. The summed E-state index contributed by atoms with van der Waals surface area (Å²) in [6.45, 7) is 0. The van der Waals surface area contributed by atoms with E-state index in [1.807, 2.05) is 34.8 Å². The highest BCUT2D eigenvalue weighted by Gasteiger charge is 2.28. The first kappa shape index (κ1) is 15.1. The highest BCUT2D eigenvalue weighted by Crippen LogP contribution is 2.38. The second-order valence-corrected chi connectivity index (χ2v) is 6.73. The Labute approximate surface area is 151 Å². The van der Waals surface area contributed by atoms with Gasteiger partial charge in [0.2, 0.25) is 0 Å². The van der Waals surface area contributed by atoms with Gasteiger partial charge in [-0.1, -0.05) is 54.6 Å². The number of benzene rings is 2. The fraction of sp³-hybridized carbons (Fsp3) is 0.190. The second kappa shape index (κ2) is 5.95. The van der Waals surface area contributed by atoms with Gasteiger partial charge in [-0.05, 0) is 30.4 Å². The zero-order valence-electron chi connectivity index (χ0n) is 14.3. The van der Waals surface area contributed by atoms with Crippen molar-refractivity contribution in [2.24, 2.45) is 0 Å². The lowest BCUT2D eigenvalue weighted by molar-refractivity contribution is 0.578. The average Bonchev–Trinajstić information content (AvgIpc) is 3.09. The minimum atomic E-state index is 0.221. The molecule has 0 amide bonds. The molecule has 128 valence electrons.